The van der Waals surface area contributed by atoms with Crippen LogP contribution in [0.25, 0.3) is 0 Å². The molecule has 0 unspecified atom stereocenters. The van der Waals surface area contributed by atoms with Gasteiger partial charge in [0.05, 0.1) is 27.0 Å². The molecule has 0 amide bonds. The molecule has 27 heavy (non-hydrogen) atoms. The van der Waals surface area contributed by atoms with E-state index >= 15 is 0 Å². The molecule has 0 N–H and O–H groups in total. The van der Waals surface area contributed by atoms with E-state index in [1.54, 1.807) is 30.3 Å². The Balaban J connectivity index is 2.01. The highest BCUT2D eigenvalue weighted by Gasteiger charge is 2.21. The Bertz CT molecular complexity index is 850. The molecule has 0 heterocycles. The predicted octanol–water partition coefficient (Wildman–Crippen LogP) is 2.91. The minimum atomic E-state index is -1.01. The zero-order chi connectivity index (χ0) is 20.0. The molecule has 2 rings (SSSR count). The molecule has 0 aromatic heterocycles. The molecule has 0 saturated heterocycles. The van der Waals surface area contributed by atoms with Crippen LogP contribution in [0.5, 0.6) is 0 Å². The highest BCUT2D eigenvalue weighted by Crippen LogP contribution is 2.23. The van der Waals surface area contributed by atoms with Gasteiger partial charge in [0.25, 0.3) is 11.4 Å². The number of nitro benzene ring substituents is 2. The van der Waals surface area contributed by atoms with Crippen LogP contribution in [-0.2, 0) is 9.47 Å². The summed E-state index contributed by atoms with van der Waals surface area (Å²) in [6, 6.07) is 10.7. The first kappa shape index (κ1) is 19.5. The molecule has 2 aromatic carbocycles. The maximum atomic E-state index is 12.0. The monoisotopic (exact) mass is 374 g/mol. The molecule has 0 aliphatic carbocycles. The normalized spacial score (nSPS) is 11.3. The number of nitrogens with zero attached hydrogens (tertiary/aromatic N) is 2. The molecule has 0 bridgehead atoms. The Morgan fingerprint density at radius 1 is 0.926 bits per heavy atom. The number of ether oxygens (including phenoxy) is 2. The Hall–Kier alpha value is -3.82. The summed E-state index contributed by atoms with van der Waals surface area (Å²) in [7, 11) is 0. The zero-order valence-corrected chi connectivity index (χ0v) is 14.1. The van der Waals surface area contributed by atoms with Gasteiger partial charge in [-0.3, -0.25) is 20.2 Å². The summed E-state index contributed by atoms with van der Waals surface area (Å²) in [4.78, 5) is 43.9. The van der Waals surface area contributed by atoms with Gasteiger partial charge in [0.2, 0.25) is 0 Å². The Morgan fingerprint density at radius 3 is 2.00 bits per heavy atom. The third-order valence-electron chi connectivity index (χ3n) is 3.33. The Labute approximate surface area is 152 Å². The number of benzene rings is 2. The standard InChI is InChI=1S/C17H14N2O8/c1-11(27-17(21)12-5-3-2-4-6-12)10-26-16(20)13-7-14(18(22)23)9-15(8-13)19(24)25/h2-9,11H,10H2,1H3/t11-/m1/s1. The molecule has 2 aromatic rings. The molecule has 0 radical (unpaired) electrons. The number of carbonyl (C=O) groups excluding carboxylic acids is 2. The Kier molecular flexibility index (Phi) is 6.15. The number of hydrogen-bond acceptors (Lipinski definition) is 8. The minimum absolute atomic E-state index is 0.324. The van der Waals surface area contributed by atoms with E-state index in [2.05, 4.69) is 0 Å². The van der Waals surface area contributed by atoms with Gasteiger partial charge >= 0.3 is 11.9 Å². The molecule has 10 nitrogen and oxygen atoms in total. The van der Waals surface area contributed by atoms with Crippen LogP contribution >= 0.6 is 0 Å². The second-order valence-electron chi connectivity index (χ2n) is 5.43. The van der Waals surface area contributed by atoms with Crippen molar-refractivity contribution in [3.05, 3.63) is 79.9 Å². The topological polar surface area (TPSA) is 139 Å². The highest BCUT2D eigenvalue weighted by atomic mass is 16.6. The summed E-state index contributed by atoms with van der Waals surface area (Å²) < 4.78 is 10.0. The summed E-state index contributed by atoms with van der Waals surface area (Å²) in [5.41, 5.74) is -1.25. The molecule has 10 heteroatoms. The molecule has 0 spiro atoms. The van der Waals surface area contributed by atoms with Gasteiger partial charge in [-0.15, -0.1) is 0 Å². The Morgan fingerprint density at radius 2 is 1.48 bits per heavy atom. The largest absolute Gasteiger partial charge is 0.458 e. The lowest BCUT2D eigenvalue weighted by atomic mass is 10.2. The van der Waals surface area contributed by atoms with Gasteiger partial charge in [-0.1, -0.05) is 18.2 Å². The van der Waals surface area contributed by atoms with E-state index in [9.17, 15) is 29.8 Å². The third-order valence-corrected chi connectivity index (χ3v) is 3.33. The quantitative estimate of drug-likeness (QED) is 0.409. The van der Waals surface area contributed by atoms with Crippen LogP contribution in [0.15, 0.2) is 48.5 Å². The van der Waals surface area contributed by atoms with Gasteiger partial charge in [-0.05, 0) is 19.1 Å². The average molecular weight is 374 g/mol. The van der Waals surface area contributed by atoms with Crippen LogP contribution in [0.3, 0.4) is 0 Å². The van der Waals surface area contributed by atoms with Crippen LogP contribution in [0.1, 0.15) is 27.6 Å². The number of carbonyl (C=O) groups is 2. The lowest BCUT2D eigenvalue weighted by Gasteiger charge is -2.13. The zero-order valence-electron chi connectivity index (χ0n) is 14.1. The van der Waals surface area contributed by atoms with Gasteiger partial charge in [-0.25, -0.2) is 9.59 Å². The van der Waals surface area contributed by atoms with Crippen molar-refractivity contribution in [2.45, 2.75) is 13.0 Å². The number of esters is 2. The van der Waals surface area contributed by atoms with Crippen molar-refractivity contribution < 1.29 is 28.9 Å². The molecule has 0 aliphatic heterocycles. The number of hydrogen-bond donors (Lipinski definition) is 0. The lowest BCUT2D eigenvalue weighted by Crippen LogP contribution is -2.22. The van der Waals surface area contributed by atoms with Crippen molar-refractivity contribution in [2.75, 3.05) is 6.61 Å². The highest BCUT2D eigenvalue weighted by molar-refractivity contribution is 5.91. The smallest absolute Gasteiger partial charge is 0.338 e. The van der Waals surface area contributed by atoms with Crippen molar-refractivity contribution >= 4 is 23.3 Å². The van der Waals surface area contributed by atoms with Crippen molar-refractivity contribution in [3.63, 3.8) is 0 Å². The average Bonchev–Trinajstić information content (AvgIpc) is 2.66. The molecule has 1 atom stereocenters. The fourth-order valence-electron chi connectivity index (χ4n) is 2.06. The van der Waals surface area contributed by atoms with Crippen molar-refractivity contribution in [1.29, 1.82) is 0 Å². The van der Waals surface area contributed by atoms with E-state index in [4.69, 9.17) is 9.47 Å². The van der Waals surface area contributed by atoms with Crippen LogP contribution in [0.4, 0.5) is 11.4 Å². The maximum absolute atomic E-state index is 12.0. The van der Waals surface area contributed by atoms with Crippen LogP contribution in [0.2, 0.25) is 0 Å². The van der Waals surface area contributed by atoms with E-state index in [1.165, 1.54) is 6.92 Å². The second-order valence-corrected chi connectivity index (χ2v) is 5.43. The fraction of sp³-hybridized carbons (Fsp3) is 0.176. The third kappa shape index (κ3) is 5.33. The summed E-state index contributed by atoms with van der Waals surface area (Å²) >= 11 is 0. The molecule has 0 saturated carbocycles. The van der Waals surface area contributed by atoms with Gasteiger partial charge in [-0.2, -0.15) is 0 Å². The van der Waals surface area contributed by atoms with Gasteiger partial charge in [0.1, 0.15) is 12.7 Å². The molecule has 0 aliphatic rings. The number of non-ortho nitro benzene ring substituents is 2. The first-order chi connectivity index (χ1) is 12.8. The maximum Gasteiger partial charge on any atom is 0.338 e. The van der Waals surface area contributed by atoms with E-state index in [1.807, 2.05) is 0 Å². The summed E-state index contributed by atoms with van der Waals surface area (Å²) in [5, 5.41) is 21.7. The molecular formula is C17H14N2O8. The first-order valence-electron chi connectivity index (χ1n) is 7.65. The van der Waals surface area contributed by atoms with Crippen molar-refractivity contribution in [3.8, 4) is 0 Å². The van der Waals surface area contributed by atoms with Gasteiger partial charge in [0, 0.05) is 12.1 Å². The fourth-order valence-corrected chi connectivity index (χ4v) is 2.06. The molecular weight excluding hydrogens is 360 g/mol. The van der Waals surface area contributed by atoms with Gasteiger partial charge < -0.3 is 9.47 Å². The van der Waals surface area contributed by atoms with E-state index in [0.29, 0.717) is 5.56 Å². The molecule has 0 fully saturated rings. The van der Waals surface area contributed by atoms with E-state index in [-0.39, 0.29) is 12.2 Å². The van der Waals surface area contributed by atoms with E-state index < -0.39 is 39.3 Å². The van der Waals surface area contributed by atoms with Crippen LogP contribution in [0, 0.1) is 20.2 Å². The van der Waals surface area contributed by atoms with Crippen LogP contribution in [-0.4, -0.2) is 34.5 Å². The minimum Gasteiger partial charge on any atom is -0.458 e. The summed E-state index contributed by atoms with van der Waals surface area (Å²) in [6.45, 7) is 1.16. The summed E-state index contributed by atoms with van der Waals surface area (Å²) in [5.74, 6) is -1.62. The van der Waals surface area contributed by atoms with Crippen molar-refractivity contribution in [1.82, 2.24) is 0 Å². The van der Waals surface area contributed by atoms with Gasteiger partial charge in [0.15, 0.2) is 0 Å². The molecule has 140 valence electrons. The predicted molar refractivity (Wildman–Crippen MR) is 91.4 cm³/mol. The lowest BCUT2D eigenvalue weighted by molar-refractivity contribution is -0.394. The van der Waals surface area contributed by atoms with Crippen molar-refractivity contribution in [2.24, 2.45) is 0 Å². The van der Waals surface area contributed by atoms with Crippen LogP contribution < -0.4 is 0 Å². The first-order valence-corrected chi connectivity index (χ1v) is 7.65. The number of nitro groups is 2. The SMILES string of the molecule is C[C@H](COC(=O)c1cc([N+](=O)[O-])cc([N+](=O)[O-])c1)OC(=O)c1ccccc1. The second kappa shape index (κ2) is 8.52. The number of rotatable bonds is 7. The van der Waals surface area contributed by atoms with E-state index in [0.717, 1.165) is 18.2 Å². The summed E-state index contributed by atoms with van der Waals surface area (Å²) in [6.07, 6.45) is -0.796.